The Morgan fingerprint density at radius 2 is 1.72 bits per heavy atom. The van der Waals surface area contributed by atoms with E-state index in [4.69, 9.17) is 37.9 Å². The molecule has 0 aliphatic carbocycles. The van der Waals surface area contributed by atoms with Crippen molar-refractivity contribution in [2.75, 3.05) is 0 Å². The number of thiophene rings is 1. The van der Waals surface area contributed by atoms with E-state index in [-0.39, 0.29) is 11.6 Å². The van der Waals surface area contributed by atoms with Gasteiger partial charge in [0, 0.05) is 15.3 Å². The smallest absolute Gasteiger partial charge is 0.310 e. The van der Waals surface area contributed by atoms with E-state index in [0.717, 1.165) is 20.7 Å². The second-order valence-corrected chi connectivity index (χ2v) is 9.48. The Morgan fingerprint density at radius 1 is 0.969 bits per heavy atom. The van der Waals surface area contributed by atoms with Crippen molar-refractivity contribution in [1.82, 2.24) is 14.5 Å². The Balaban J connectivity index is 1.89. The van der Waals surface area contributed by atoms with Gasteiger partial charge in [-0.25, -0.2) is 9.55 Å². The third-order valence-electron chi connectivity index (χ3n) is 5.40. The van der Waals surface area contributed by atoms with Crippen LogP contribution in [0.2, 0.25) is 10.0 Å². The van der Waals surface area contributed by atoms with Gasteiger partial charge in [0.25, 0.3) is 5.56 Å². The molecule has 0 aliphatic rings. The minimum absolute atomic E-state index is 0.119. The zero-order chi connectivity index (χ0) is 22.6. The number of halogens is 2. The standard InChI is InChI=1S/C24H17Cl2N3O2S/c1-12-14(3)32-22-19(12)21-20(13(2)27-22)23(30)29(16-7-5-4-6-8-16)24(28-21)31-18-10-9-15(25)11-17(18)26/h4-11H,1-3H3. The van der Waals surface area contributed by atoms with Crippen LogP contribution in [0.15, 0.2) is 53.3 Å². The van der Waals surface area contributed by atoms with Crippen molar-refractivity contribution in [2.45, 2.75) is 20.8 Å². The van der Waals surface area contributed by atoms with Crippen LogP contribution in [-0.4, -0.2) is 14.5 Å². The maximum atomic E-state index is 13.8. The lowest BCUT2D eigenvalue weighted by molar-refractivity contribution is 0.427. The number of aryl methyl sites for hydroxylation is 3. The predicted molar refractivity (Wildman–Crippen MR) is 131 cm³/mol. The summed E-state index contributed by atoms with van der Waals surface area (Å²) in [6.07, 6.45) is 0. The lowest BCUT2D eigenvalue weighted by atomic mass is 10.1. The van der Waals surface area contributed by atoms with E-state index in [2.05, 4.69) is 0 Å². The lowest BCUT2D eigenvalue weighted by Crippen LogP contribution is -2.22. The second-order valence-electron chi connectivity index (χ2n) is 7.43. The topological polar surface area (TPSA) is 57.0 Å². The summed E-state index contributed by atoms with van der Waals surface area (Å²) in [5.74, 6) is 0.354. The van der Waals surface area contributed by atoms with Gasteiger partial charge in [0.15, 0.2) is 0 Å². The van der Waals surface area contributed by atoms with Crippen molar-refractivity contribution in [2.24, 2.45) is 0 Å². The minimum Gasteiger partial charge on any atom is -0.424 e. The molecule has 5 rings (SSSR count). The molecule has 160 valence electrons. The number of hydrogen-bond acceptors (Lipinski definition) is 5. The van der Waals surface area contributed by atoms with Crippen LogP contribution < -0.4 is 10.3 Å². The van der Waals surface area contributed by atoms with E-state index >= 15 is 0 Å². The summed E-state index contributed by atoms with van der Waals surface area (Å²) in [5, 5.41) is 2.15. The van der Waals surface area contributed by atoms with E-state index in [0.29, 0.717) is 38.1 Å². The Labute approximate surface area is 197 Å². The average Bonchev–Trinajstić information content (AvgIpc) is 3.04. The third kappa shape index (κ3) is 3.35. The van der Waals surface area contributed by atoms with E-state index < -0.39 is 0 Å². The Kier molecular flexibility index (Phi) is 5.16. The quantitative estimate of drug-likeness (QED) is 0.277. The number of para-hydroxylation sites is 1. The van der Waals surface area contributed by atoms with Gasteiger partial charge >= 0.3 is 6.01 Å². The zero-order valence-electron chi connectivity index (χ0n) is 17.4. The van der Waals surface area contributed by atoms with E-state index in [1.807, 2.05) is 51.1 Å². The van der Waals surface area contributed by atoms with Crippen LogP contribution in [0, 0.1) is 20.8 Å². The molecule has 0 spiro atoms. The fraction of sp³-hybridized carbons (Fsp3) is 0.125. The highest BCUT2D eigenvalue weighted by molar-refractivity contribution is 7.18. The molecule has 0 bridgehead atoms. The fourth-order valence-electron chi connectivity index (χ4n) is 3.71. The summed E-state index contributed by atoms with van der Waals surface area (Å²) in [5.41, 5.74) is 2.64. The van der Waals surface area contributed by atoms with Gasteiger partial charge < -0.3 is 4.74 Å². The maximum absolute atomic E-state index is 13.8. The lowest BCUT2D eigenvalue weighted by Gasteiger charge is -2.15. The molecule has 0 N–H and O–H groups in total. The van der Waals surface area contributed by atoms with Crippen LogP contribution in [0.4, 0.5) is 0 Å². The monoisotopic (exact) mass is 481 g/mol. The van der Waals surface area contributed by atoms with Crippen LogP contribution in [0.5, 0.6) is 11.8 Å². The first-order valence-electron chi connectivity index (χ1n) is 9.86. The summed E-state index contributed by atoms with van der Waals surface area (Å²) in [6.45, 7) is 5.89. The molecule has 3 aromatic heterocycles. The van der Waals surface area contributed by atoms with Gasteiger partial charge in [0.2, 0.25) is 0 Å². The van der Waals surface area contributed by atoms with Crippen LogP contribution in [0.1, 0.15) is 16.1 Å². The zero-order valence-corrected chi connectivity index (χ0v) is 19.8. The van der Waals surface area contributed by atoms with E-state index in [9.17, 15) is 4.79 Å². The van der Waals surface area contributed by atoms with Crippen molar-refractivity contribution in [3.05, 3.63) is 85.1 Å². The highest BCUT2D eigenvalue weighted by atomic mass is 35.5. The van der Waals surface area contributed by atoms with Crippen molar-refractivity contribution < 1.29 is 4.74 Å². The first kappa shape index (κ1) is 20.9. The van der Waals surface area contributed by atoms with Crippen LogP contribution in [0.25, 0.3) is 26.8 Å². The summed E-state index contributed by atoms with van der Waals surface area (Å²) < 4.78 is 7.57. The van der Waals surface area contributed by atoms with Gasteiger partial charge in [0.05, 0.1) is 27.3 Å². The second kappa shape index (κ2) is 7.89. The Bertz CT molecular complexity index is 1580. The molecule has 8 heteroatoms. The van der Waals surface area contributed by atoms with Crippen molar-refractivity contribution >= 4 is 55.7 Å². The molecule has 0 radical (unpaired) electrons. The summed E-state index contributed by atoms with van der Waals surface area (Å²) in [4.78, 5) is 25.4. The molecule has 0 atom stereocenters. The van der Waals surface area contributed by atoms with Gasteiger partial charge in [-0.2, -0.15) is 4.98 Å². The van der Waals surface area contributed by atoms with Crippen molar-refractivity contribution in [3.63, 3.8) is 0 Å². The normalized spacial score (nSPS) is 11.4. The average molecular weight is 482 g/mol. The largest absolute Gasteiger partial charge is 0.424 e. The first-order chi connectivity index (χ1) is 15.3. The Hall–Kier alpha value is -2.93. The van der Waals surface area contributed by atoms with Crippen LogP contribution in [-0.2, 0) is 0 Å². The highest BCUT2D eigenvalue weighted by Gasteiger charge is 2.22. The van der Waals surface area contributed by atoms with E-state index in [1.54, 1.807) is 29.5 Å². The van der Waals surface area contributed by atoms with Gasteiger partial charge in [-0.05, 0) is 56.7 Å². The number of nitrogens with zero attached hydrogens (tertiary/aromatic N) is 3. The van der Waals surface area contributed by atoms with Gasteiger partial charge in [-0.3, -0.25) is 4.79 Å². The molecule has 0 aliphatic heterocycles. The molecule has 32 heavy (non-hydrogen) atoms. The molecule has 5 nitrogen and oxygen atoms in total. The minimum atomic E-state index is -0.253. The summed E-state index contributed by atoms with van der Waals surface area (Å²) >= 11 is 14.0. The van der Waals surface area contributed by atoms with E-state index in [1.165, 1.54) is 4.57 Å². The van der Waals surface area contributed by atoms with Gasteiger partial charge in [-0.1, -0.05) is 41.4 Å². The maximum Gasteiger partial charge on any atom is 0.310 e. The van der Waals surface area contributed by atoms with Gasteiger partial charge in [-0.15, -0.1) is 11.3 Å². The highest BCUT2D eigenvalue weighted by Crippen LogP contribution is 2.36. The van der Waals surface area contributed by atoms with Crippen LogP contribution >= 0.6 is 34.5 Å². The molecule has 5 aromatic rings. The molecule has 0 unspecified atom stereocenters. The molecule has 0 saturated carbocycles. The summed E-state index contributed by atoms with van der Waals surface area (Å²) in [7, 11) is 0. The molecule has 0 amide bonds. The number of pyridine rings is 1. The Morgan fingerprint density at radius 3 is 2.44 bits per heavy atom. The summed E-state index contributed by atoms with van der Waals surface area (Å²) in [6, 6.07) is 14.3. The molecular formula is C24H17Cl2N3O2S. The third-order valence-corrected chi connectivity index (χ3v) is 7.03. The number of rotatable bonds is 3. The predicted octanol–water partition coefficient (Wildman–Crippen LogP) is 7.02. The van der Waals surface area contributed by atoms with Crippen molar-refractivity contribution in [3.8, 4) is 17.4 Å². The molecule has 3 heterocycles. The molecule has 0 saturated heterocycles. The number of ether oxygens (including phenoxy) is 1. The number of benzene rings is 2. The SMILES string of the molecule is Cc1sc2nc(C)c3c(=O)n(-c4ccccc4)c(Oc4ccc(Cl)cc4Cl)nc3c2c1C. The fourth-order valence-corrected chi connectivity index (χ4v) is 5.24. The van der Waals surface area contributed by atoms with Crippen LogP contribution in [0.3, 0.4) is 0 Å². The number of aromatic nitrogens is 3. The molecule has 2 aromatic carbocycles. The van der Waals surface area contributed by atoms with Gasteiger partial charge in [0.1, 0.15) is 10.6 Å². The molecule has 0 fully saturated rings. The number of fused-ring (bicyclic) bond motifs is 3. The molecular weight excluding hydrogens is 465 g/mol. The number of hydrogen-bond donors (Lipinski definition) is 0. The van der Waals surface area contributed by atoms with Crippen molar-refractivity contribution in [1.29, 1.82) is 0 Å². The first-order valence-corrected chi connectivity index (χ1v) is 11.4.